The molecule has 0 bridgehead atoms. The molecule has 1 fully saturated rings. The number of rotatable bonds is 6. The Labute approximate surface area is 159 Å². The minimum Gasteiger partial charge on any atom is -0.355 e. The first-order valence-electron chi connectivity index (χ1n) is 9.12. The summed E-state index contributed by atoms with van der Waals surface area (Å²) in [7, 11) is 4.02. The van der Waals surface area contributed by atoms with Crippen molar-refractivity contribution in [3.05, 3.63) is 23.5 Å². The average molecular weight is 377 g/mol. The summed E-state index contributed by atoms with van der Waals surface area (Å²) in [5.74, 6) is 0.290. The zero-order valence-corrected chi connectivity index (χ0v) is 16.8. The van der Waals surface area contributed by atoms with Gasteiger partial charge in [-0.05, 0) is 52.9 Å². The van der Waals surface area contributed by atoms with Gasteiger partial charge in [0.05, 0.1) is 0 Å². The highest BCUT2D eigenvalue weighted by Crippen LogP contribution is 2.29. The van der Waals surface area contributed by atoms with Crippen LogP contribution in [0.25, 0.3) is 5.13 Å². The van der Waals surface area contributed by atoms with Gasteiger partial charge < -0.3 is 15.1 Å². The smallest absolute Gasteiger partial charge is 0.223 e. The lowest BCUT2D eigenvalue weighted by molar-refractivity contribution is -0.125. The molecule has 8 heteroatoms. The lowest BCUT2D eigenvalue weighted by Gasteiger charge is -2.30. The Bertz CT molecular complexity index is 725. The van der Waals surface area contributed by atoms with Crippen molar-refractivity contribution in [3.8, 4) is 5.13 Å². The summed E-state index contributed by atoms with van der Waals surface area (Å²) in [6.45, 7) is 7.44. The summed E-state index contributed by atoms with van der Waals surface area (Å²) in [6.07, 6.45) is 1.73. The largest absolute Gasteiger partial charge is 0.355 e. The molecule has 1 aliphatic rings. The lowest BCUT2D eigenvalue weighted by atomic mass is 9.96. The van der Waals surface area contributed by atoms with Crippen molar-refractivity contribution in [2.75, 3.05) is 45.2 Å². The fourth-order valence-corrected chi connectivity index (χ4v) is 4.29. The first kappa shape index (κ1) is 18.8. The Morgan fingerprint density at radius 1 is 1.19 bits per heavy atom. The minimum atomic E-state index is 0.106. The van der Waals surface area contributed by atoms with Crippen molar-refractivity contribution in [1.29, 1.82) is 0 Å². The van der Waals surface area contributed by atoms with E-state index in [2.05, 4.69) is 55.9 Å². The minimum absolute atomic E-state index is 0.106. The SMILES string of the molecule is Cc1ccc(C)n1-c1nnc(N2CCC(C(=O)NCCN(C)C)CC2)s1. The number of amides is 1. The van der Waals surface area contributed by atoms with Gasteiger partial charge in [0.25, 0.3) is 0 Å². The molecular weight excluding hydrogens is 348 g/mol. The van der Waals surface area contributed by atoms with E-state index in [1.165, 1.54) is 11.4 Å². The summed E-state index contributed by atoms with van der Waals surface area (Å²) in [5.41, 5.74) is 2.33. The molecule has 142 valence electrons. The molecule has 2 aromatic rings. The summed E-state index contributed by atoms with van der Waals surface area (Å²) in [4.78, 5) is 16.6. The monoisotopic (exact) mass is 376 g/mol. The van der Waals surface area contributed by atoms with Crippen LogP contribution < -0.4 is 10.2 Å². The van der Waals surface area contributed by atoms with Gasteiger partial charge in [0.15, 0.2) is 0 Å². The molecule has 1 amide bonds. The van der Waals surface area contributed by atoms with Crippen LogP contribution in [0, 0.1) is 19.8 Å². The van der Waals surface area contributed by atoms with Crippen molar-refractivity contribution >= 4 is 22.4 Å². The van der Waals surface area contributed by atoms with Crippen LogP contribution in [-0.2, 0) is 4.79 Å². The number of nitrogens with zero attached hydrogens (tertiary/aromatic N) is 5. The molecule has 7 nitrogen and oxygen atoms in total. The Morgan fingerprint density at radius 2 is 1.81 bits per heavy atom. The van der Waals surface area contributed by atoms with Gasteiger partial charge in [-0.3, -0.25) is 9.36 Å². The van der Waals surface area contributed by atoms with E-state index in [1.807, 2.05) is 14.1 Å². The van der Waals surface area contributed by atoms with Crippen molar-refractivity contribution in [2.45, 2.75) is 26.7 Å². The van der Waals surface area contributed by atoms with Crippen molar-refractivity contribution in [1.82, 2.24) is 25.0 Å². The van der Waals surface area contributed by atoms with Gasteiger partial charge >= 0.3 is 0 Å². The van der Waals surface area contributed by atoms with Crippen LogP contribution in [0.3, 0.4) is 0 Å². The predicted molar refractivity (Wildman–Crippen MR) is 105 cm³/mol. The van der Waals surface area contributed by atoms with Crippen LogP contribution in [0.4, 0.5) is 5.13 Å². The summed E-state index contributed by atoms with van der Waals surface area (Å²) >= 11 is 1.61. The molecule has 3 rings (SSSR count). The first-order chi connectivity index (χ1) is 12.5. The van der Waals surface area contributed by atoms with Gasteiger partial charge in [-0.1, -0.05) is 11.3 Å². The van der Waals surface area contributed by atoms with E-state index in [4.69, 9.17) is 0 Å². The Hall–Kier alpha value is -1.93. The van der Waals surface area contributed by atoms with E-state index in [-0.39, 0.29) is 11.8 Å². The van der Waals surface area contributed by atoms with Crippen LogP contribution in [0.15, 0.2) is 12.1 Å². The number of anilines is 1. The second kappa shape index (κ2) is 8.18. The van der Waals surface area contributed by atoms with E-state index in [1.54, 1.807) is 11.3 Å². The van der Waals surface area contributed by atoms with E-state index < -0.39 is 0 Å². The summed E-state index contributed by atoms with van der Waals surface area (Å²) in [6, 6.07) is 4.19. The normalized spacial score (nSPS) is 15.7. The fourth-order valence-electron chi connectivity index (χ4n) is 3.28. The van der Waals surface area contributed by atoms with E-state index in [0.717, 1.165) is 42.7 Å². The number of aromatic nitrogens is 3. The Kier molecular flexibility index (Phi) is 5.93. The van der Waals surface area contributed by atoms with Crippen molar-refractivity contribution < 1.29 is 4.79 Å². The summed E-state index contributed by atoms with van der Waals surface area (Å²) < 4.78 is 2.13. The number of nitrogens with one attached hydrogen (secondary N) is 1. The number of carbonyl (C=O) groups is 1. The number of carbonyl (C=O) groups excluding carboxylic acids is 1. The molecule has 1 aliphatic heterocycles. The van der Waals surface area contributed by atoms with E-state index in [9.17, 15) is 4.79 Å². The maximum Gasteiger partial charge on any atom is 0.223 e. The zero-order valence-electron chi connectivity index (χ0n) is 16.0. The topological polar surface area (TPSA) is 66.3 Å². The van der Waals surface area contributed by atoms with Gasteiger partial charge in [0.1, 0.15) is 0 Å². The molecule has 2 aromatic heterocycles. The molecule has 0 atom stereocenters. The highest BCUT2D eigenvalue weighted by atomic mass is 32.1. The van der Waals surface area contributed by atoms with Crippen LogP contribution in [0.1, 0.15) is 24.2 Å². The van der Waals surface area contributed by atoms with Crippen LogP contribution in [0.2, 0.25) is 0 Å². The van der Waals surface area contributed by atoms with Gasteiger partial charge in [-0.15, -0.1) is 10.2 Å². The zero-order chi connectivity index (χ0) is 18.7. The molecule has 0 saturated carbocycles. The maximum atomic E-state index is 12.3. The van der Waals surface area contributed by atoms with Crippen LogP contribution >= 0.6 is 11.3 Å². The predicted octanol–water partition coefficient (Wildman–Crippen LogP) is 1.84. The fraction of sp³-hybridized carbons (Fsp3) is 0.611. The van der Waals surface area contributed by atoms with Gasteiger partial charge in [0, 0.05) is 43.5 Å². The van der Waals surface area contributed by atoms with Crippen molar-refractivity contribution in [2.24, 2.45) is 5.92 Å². The molecule has 0 aromatic carbocycles. The third-order valence-corrected chi connectivity index (χ3v) is 5.83. The second-order valence-electron chi connectivity index (χ2n) is 7.17. The molecule has 0 spiro atoms. The maximum absolute atomic E-state index is 12.3. The third kappa shape index (κ3) is 4.24. The number of hydrogen-bond donors (Lipinski definition) is 1. The standard InChI is InChI=1S/C18H28N6OS/c1-13-5-6-14(2)24(13)18-21-20-17(26-18)23-10-7-15(8-11-23)16(25)19-9-12-22(3)4/h5-6,15H,7-12H2,1-4H3,(H,19,25). The number of aryl methyl sites for hydroxylation is 2. The molecule has 0 aliphatic carbocycles. The molecule has 26 heavy (non-hydrogen) atoms. The van der Waals surface area contributed by atoms with Crippen LogP contribution in [-0.4, -0.2) is 65.8 Å². The number of hydrogen-bond acceptors (Lipinski definition) is 6. The third-order valence-electron chi connectivity index (χ3n) is 4.86. The first-order valence-corrected chi connectivity index (χ1v) is 9.93. The van der Waals surface area contributed by atoms with Gasteiger partial charge in [-0.2, -0.15) is 0 Å². The molecule has 3 heterocycles. The molecule has 1 saturated heterocycles. The molecular formula is C18H28N6OS. The molecule has 0 unspecified atom stereocenters. The Morgan fingerprint density at radius 3 is 2.42 bits per heavy atom. The average Bonchev–Trinajstić information content (AvgIpc) is 3.21. The van der Waals surface area contributed by atoms with Gasteiger partial charge in [-0.25, -0.2) is 0 Å². The Balaban J connectivity index is 1.55. The summed E-state index contributed by atoms with van der Waals surface area (Å²) in [5, 5.41) is 13.7. The van der Waals surface area contributed by atoms with E-state index >= 15 is 0 Å². The number of piperidine rings is 1. The van der Waals surface area contributed by atoms with E-state index in [0.29, 0.717) is 6.54 Å². The molecule has 1 N–H and O–H groups in total. The highest BCUT2D eigenvalue weighted by molar-refractivity contribution is 7.17. The highest BCUT2D eigenvalue weighted by Gasteiger charge is 2.26. The molecule has 0 radical (unpaired) electrons. The lowest BCUT2D eigenvalue weighted by Crippen LogP contribution is -2.42. The number of likely N-dealkylation sites (N-methyl/N-ethyl adjacent to an activating group) is 1. The van der Waals surface area contributed by atoms with Crippen molar-refractivity contribution in [3.63, 3.8) is 0 Å². The van der Waals surface area contributed by atoms with Crippen LogP contribution in [0.5, 0.6) is 0 Å². The second-order valence-corrected chi connectivity index (χ2v) is 8.11. The quantitative estimate of drug-likeness (QED) is 0.833. The van der Waals surface area contributed by atoms with Gasteiger partial charge in [0.2, 0.25) is 16.2 Å².